The van der Waals surface area contributed by atoms with Gasteiger partial charge in [-0.3, -0.25) is 9.59 Å². The fourth-order valence-corrected chi connectivity index (χ4v) is 4.40. The van der Waals surface area contributed by atoms with Crippen LogP contribution in [0.1, 0.15) is 51.1 Å². The number of piperidine rings is 1. The number of nitrogens with zero attached hydrogens (tertiary/aromatic N) is 1. The molecule has 0 unspecified atom stereocenters. The lowest BCUT2D eigenvalue weighted by molar-refractivity contribution is -0.00586. The van der Waals surface area contributed by atoms with Crippen molar-refractivity contribution in [2.45, 2.75) is 38.7 Å². The molecule has 2 aliphatic heterocycles. The summed E-state index contributed by atoms with van der Waals surface area (Å²) < 4.78 is 11.7. The predicted molar refractivity (Wildman–Crippen MR) is 106 cm³/mol. The molecule has 0 bridgehead atoms. The van der Waals surface area contributed by atoms with Gasteiger partial charge in [0.1, 0.15) is 17.1 Å². The van der Waals surface area contributed by atoms with Gasteiger partial charge in [-0.2, -0.15) is 0 Å². The third-order valence-corrected chi connectivity index (χ3v) is 5.83. The molecular formula is C23H25NO4. The molecule has 0 aliphatic carbocycles. The average Bonchev–Trinajstić information content (AvgIpc) is 2.67. The molecule has 0 atom stereocenters. The van der Waals surface area contributed by atoms with Crippen molar-refractivity contribution in [3.05, 3.63) is 58.7 Å². The average molecular weight is 379 g/mol. The summed E-state index contributed by atoms with van der Waals surface area (Å²) in [5, 5.41) is 0. The first kappa shape index (κ1) is 18.5. The van der Waals surface area contributed by atoms with Crippen LogP contribution in [0.5, 0.6) is 11.5 Å². The van der Waals surface area contributed by atoms with Crippen LogP contribution in [0.4, 0.5) is 0 Å². The van der Waals surface area contributed by atoms with E-state index < -0.39 is 5.60 Å². The highest BCUT2D eigenvalue weighted by Crippen LogP contribution is 2.41. The fourth-order valence-electron chi connectivity index (χ4n) is 4.40. The molecular weight excluding hydrogens is 354 g/mol. The maximum absolute atomic E-state index is 12.9. The Balaban J connectivity index is 1.52. The van der Waals surface area contributed by atoms with E-state index in [2.05, 4.69) is 0 Å². The third kappa shape index (κ3) is 3.15. The molecule has 1 amide bonds. The number of likely N-dealkylation sites (tertiary alicyclic amines) is 1. The normalized spacial score (nSPS) is 17.8. The summed E-state index contributed by atoms with van der Waals surface area (Å²) >= 11 is 0. The Labute approximate surface area is 165 Å². The summed E-state index contributed by atoms with van der Waals surface area (Å²) in [6.07, 6.45) is 1.67. The van der Waals surface area contributed by atoms with Crippen molar-refractivity contribution >= 4 is 11.7 Å². The molecule has 2 aromatic carbocycles. The highest BCUT2D eigenvalue weighted by molar-refractivity contribution is 6.02. The van der Waals surface area contributed by atoms with Crippen molar-refractivity contribution in [2.24, 2.45) is 0 Å². The summed E-state index contributed by atoms with van der Waals surface area (Å²) in [6, 6.07) is 11.2. The number of carbonyl (C=O) groups is 2. The van der Waals surface area contributed by atoms with Gasteiger partial charge in [-0.1, -0.05) is 18.2 Å². The van der Waals surface area contributed by atoms with Crippen molar-refractivity contribution in [2.75, 3.05) is 20.2 Å². The number of methoxy groups -OCH3 is 1. The second kappa shape index (κ2) is 6.97. The number of hydrogen-bond donors (Lipinski definition) is 0. The zero-order valence-corrected chi connectivity index (χ0v) is 16.6. The van der Waals surface area contributed by atoms with Crippen LogP contribution in [0, 0.1) is 13.8 Å². The molecule has 2 aliphatic rings. The van der Waals surface area contributed by atoms with Crippen LogP contribution in [0.2, 0.25) is 0 Å². The highest BCUT2D eigenvalue weighted by atomic mass is 16.5. The van der Waals surface area contributed by atoms with Crippen LogP contribution in [-0.4, -0.2) is 42.4 Å². The van der Waals surface area contributed by atoms with Gasteiger partial charge >= 0.3 is 0 Å². The van der Waals surface area contributed by atoms with Crippen molar-refractivity contribution in [1.82, 2.24) is 4.90 Å². The van der Waals surface area contributed by atoms with E-state index in [1.54, 1.807) is 19.2 Å². The zero-order valence-electron chi connectivity index (χ0n) is 16.6. The summed E-state index contributed by atoms with van der Waals surface area (Å²) in [5.74, 6) is 1.37. The van der Waals surface area contributed by atoms with E-state index in [-0.39, 0.29) is 11.7 Å². The summed E-state index contributed by atoms with van der Waals surface area (Å²) in [6.45, 7) is 5.09. The molecule has 28 heavy (non-hydrogen) atoms. The molecule has 5 heteroatoms. The maximum Gasteiger partial charge on any atom is 0.257 e. The smallest absolute Gasteiger partial charge is 0.257 e. The molecule has 2 heterocycles. The first-order chi connectivity index (χ1) is 13.4. The predicted octanol–water partition coefficient (Wildman–Crippen LogP) is 3.95. The molecule has 146 valence electrons. The largest absolute Gasteiger partial charge is 0.496 e. The number of benzene rings is 2. The quantitative estimate of drug-likeness (QED) is 0.793. The second-order valence-electron chi connectivity index (χ2n) is 7.83. The van der Waals surface area contributed by atoms with Gasteiger partial charge in [0.2, 0.25) is 0 Å². The molecule has 0 saturated carbocycles. The summed E-state index contributed by atoms with van der Waals surface area (Å²) in [4.78, 5) is 27.6. The van der Waals surface area contributed by atoms with E-state index >= 15 is 0 Å². The van der Waals surface area contributed by atoms with Crippen molar-refractivity contribution in [3.8, 4) is 11.5 Å². The van der Waals surface area contributed by atoms with Gasteiger partial charge in [0.05, 0.1) is 24.7 Å². The molecule has 0 N–H and O–H groups in total. The van der Waals surface area contributed by atoms with Crippen molar-refractivity contribution in [1.29, 1.82) is 0 Å². The van der Waals surface area contributed by atoms with Crippen LogP contribution in [0.25, 0.3) is 0 Å². The number of carbonyl (C=O) groups excluding carboxylic acids is 2. The minimum absolute atomic E-state index is 0.0403. The SMILES string of the molecule is COc1ccccc1C(=O)N1CCC2(CC1)CC(=O)c1c(C)cc(C)cc1O2. The number of para-hydroxylation sites is 1. The first-order valence-corrected chi connectivity index (χ1v) is 9.68. The van der Waals surface area contributed by atoms with E-state index in [4.69, 9.17) is 9.47 Å². The molecule has 4 rings (SSSR count). The Morgan fingerprint density at radius 1 is 1.14 bits per heavy atom. The summed E-state index contributed by atoms with van der Waals surface area (Å²) in [7, 11) is 1.57. The van der Waals surface area contributed by atoms with E-state index in [1.165, 1.54) is 0 Å². The number of fused-ring (bicyclic) bond motifs is 1. The van der Waals surface area contributed by atoms with E-state index in [0.29, 0.717) is 55.0 Å². The van der Waals surface area contributed by atoms with Crippen LogP contribution in [0.15, 0.2) is 36.4 Å². The van der Waals surface area contributed by atoms with Crippen molar-refractivity contribution in [3.63, 3.8) is 0 Å². The lowest BCUT2D eigenvalue weighted by Crippen LogP contribution is -2.52. The first-order valence-electron chi connectivity index (χ1n) is 9.68. The molecule has 1 saturated heterocycles. The zero-order chi connectivity index (χ0) is 19.9. The number of rotatable bonds is 2. The van der Waals surface area contributed by atoms with Crippen LogP contribution in [-0.2, 0) is 0 Å². The Kier molecular flexibility index (Phi) is 4.61. The number of hydrogen-bond acceptors (Lipinski definition) is 4. The van der Waals surface area contributed by atoms with Crippen LogP contribution >= 0.6 is 0 Å². The minimum atomic E-state index is -0.512. The Morgan fingerprint density at radius 3 is 2.57 bits per heavy atom. The van der Waals surface area contributed by atoms with Gasteiger partial charge in [0, 0.05) is 25.9 Å². The molecule has 0 aromatic heterocycles. The van der Waals surface area contributed by atoms with Crippen LogP contribution in [0.3, 0.4) is 0 Å². The molecule has 5 nitrogen and oxygen atoms in total. The van der Waals surface area contributed by atoms with E-state index in [1.807, 2.05) is 43.0 Å². The highest BCUT2D eigenvalue weighted by Gasteiger charge is 2.44. The van der Waals surface area contributed by atoms with Gasteiger partial charge < -0.3 is 14.4 Å². The van der Waals surface area contributed by atoms with Gasteiger partial charge in [0.25, 0.3) is 5.91 Å². The molecule has 0 radical (unpaired) electrons. The third-order valence-electron chi connectivity index (χ3n) is 5.83. The number of amides is 1. The topological polar surface area (TPSA) is 55.8 Å². The van der Waals surface area contributed by atoms with E-state index in [0.717, 1.165) is 11.1 Å². The Morgan fingerprint density at radius 2 is 1.86 bits per heavy atom. The van der Waals surface area contributed by atoms with Gasteiger partial charge in [-0.25, -0.2) is 0 Å². The lowest BCUT2D eigenvalue weighted by Gasteiger charge is -2.44. The van der Waals surface area contributed by atoms with E-state index in [9.17, 15) is 9.59 Å². The number of aryl methyl sites for hydroxylation is 2. The van der Waals surface area contributed by atoms with Gasteiger partial charge in [0.15, 0.2) is 5.78 Å². The maximum atomic E-state index is 12.9. The lowest BCUT2D eigenvalue weighted by atomic mass is 9.81. The van der Waals surface area contributed by atoms with Crippen LogP contribution < -0.4 is 9.47 Å². The summed E-state index contributed by atoms with van der Waals surface area (Å²) in [5.41, 5.74) is 2.83. The Bertz CT molecular complexity index is 942. The second-order valence-corrected chi connectivity index (χ2v) is 7.83. The molecule has 1 spiro atoms. The number of ether oxygens (including phenoxy) is 2. The van der Waals surface area contributed by atoms with Crippen molar-refractivity contribution < 1.29 is 19.1 Å². The minimum Gasteiger partial charge on any atom is -0.496 e. The Hall–Kier alpha value is -2.82. The monoisotopic (exact) mass is 379 g/mol. The standard InChI is InChI=1S/C23H25NO4/c1-15-12-16(2)21-18(25)14-23(28-20(21)13-15)8-10-24(11-9-23)22(26)17-6-4-5-7-19(17)27-3/h4-7,12-13H,8-11,14H2,1-3H3. The number of Topliss-reactive ketones (excluding diaryl/α,β-unsaturated/α-hetero) is 1. The van der Waals surface area contributed by atoms with Gasteiger partial charge in [-0.15, -0.1) is 0 Å². The molecule has 1 fully saturated rings. The molecule has 2 aromatic rings. The number of ketones is 1. The van der Waals surface area contributed by atoms with Gasteiger partial charge in [-0.05, 0) is 43.2 Å². The fraction of sp³-hybridized carbons (Fsp3) is 0.391.